The third-order valence-electron chi connectivity index (χ3n) is 7.36. The summed E-state index contributed by atoms with van der Waals surface area (Å²) in [5.74, 6) is -0.0756. The van der Waals surface area contributed by atoms with Crippen LogP contribution >= 0.6 is 0 Å². The zero-order chi connectivity index (χ0) is 28.4. The third-order valence-corrected chi connectivity index (χ3v) is 7.36. The molecular weight excluding hydrogens is 490 g/mol. The highest BCUT2D eigenvalue weighted by Crippen LogP contribution is 2.40. The number of carbonyl (C=O) groups excluding carboxylic acids is 2. The lowest BCUT2D eigenvalue weighted by Gasteiger charge is -2.36. The number of nitrogens with zero attached hydrogens (tertiary/aromatic N) is 4. The van der Waals surface area contributed by atoms with Crippen molar-refractivity contribution in [3.8, 4) is 0 Å². The standard InChI is InChI=1S/C31H43N5O3/c1-23(12-13-26-25(3)11-7-14-31(26,4)5)9-6-10-24(2)21-28(38)34-27(22-37)29(39)35-17-19-36(20-18-35)30-32-15-8-16-33-30/h6,8-10,12-13,15-16,21,27,37H,7,11,14,17-20,22H2,1-5H3,(H,34,38)/t27-/m0/s1. The summed E-state index contributed by atoms with van der Waals surface area (Å²) in [5, 5.41) is 12.4. The summed E-state index contributed by atoms with van der Waals surface area (Å²) < 4.78 is 0. The summed E-state index contributed by atoms with van der Waals surface area (Å²) in [7, 11) is 0. The van der Waals surface area contributed by atoms with Gasteiger partial charge in [0.1, 0.15) is 6.04 Å². The number of carbonyl (C=O) groups is 2. The van der Waals surface area contributed by atoms with Crippen LogP contribution in [0.2, 0.25) is 0 Å². The SMILES string of the molecule is CC(C=CC1=C(C)CCCC1(C)C)=CC=CC(C)=CC(=O)N[C@@H](CO)C(=O)N1CCN(c2ncccn2)CC1. The second-order valence-corrected chi connectivity index (χ2v) is 11.0. The first-order chi connectivity index (χ1) is 18.6. The van der Waals surface area contributed by atoms with Gasteiger partial charge in [0.2, 0.25) is 17.8 Å². The molecule has 8 heteroatoms. The predicted octanol–water partition coefficient (Wildman–Crippen LogP) is 4.13. The molecule has 1 aromatic rings. The second kappa shape index (κ2) is 14.0. The summed E-state index contributed by atoms with van der Waals surface area (Å²) in [6.07, 6.45) is 18.6. The number of nitrogens with one attached hydrogen (secondary N) is 1. The van der Waals surface area contributed by atoms with Gasteiger partial charge in [0.05, 0.1) is 6.61 Å². The number of amides is 2. The van der Waals surface area contributed by atoms with Crippen LogP contribution in [-0.4, -0.2) is 70.6 Å². The predicted molar refractivity (Wildman–Crippen MR) is 156 cm³/mol. The lowest BCUT2D eigenvalue weighted by Crippen LogP contribution is -2.56. The molecule has 1 saturated heterocycles. The van der Waals surface area contributed by atoms with Crippen LogP contribution in [-0.2, 0) is 9.59 Å². The topological polar surface area (TPSA) is 98.7 Å². The van der Waals surface area contributed by atoms with Crippen molar-refractivity contribution in [3.63, 3.8) is 0 Å². The van der Waals surface area contributed by atoms with Gasteiger partial charge in [-0.05, 0) is 62.7 Å². The molecule has 2 aliphatic rings. The first kappa shape index (κ1) is 30.0. The largest absolute Gasteiger partial charge is 0.394 e. The van der Waals surface area contributed by atoms with E-state index in [0.717, 1.165) is 11.1 Å². The van der Waals surface area contributed by atoms with Crippen LogP contribution in [0.5, 0.6) is 0 Å². The van der Waals surface area contributed by atoms with Gasteiger partial charge in [-0.1, -0.05) is 55.4 Å². The van der Waals surface area contributed by atoms with Crippen LogP contribution in [0, 0.1) is 5.41 Å². The van der Waals surface area contributed by atoms with Crippen molar-refractivity contribution >= 4 is 17.8 Å². The fraction of sp³-hybridized carbons (Fsp3) is 0.484. The average Bonchev–Trinajstić information content (AvgIpc) is 2.91. The molecule has 2 amide bonds. The molecule has 0 spiro atoms. The van der Waals surface area contributed by atoms with Crippen LogP contribution in [0.3, 0.4) is 0 Å². The van der Waals surface area contributed by atoms with Crippen molar-refractivity contribution in [1.29, 1.82) is 0 Å². The first-order valence-electron chi connectivity index (χ1n) is 13.7. The van der Waals surface area contributed by atoms with Gasteiger partial charge in [-0.15, -0.1) is 0 Å². The molecule has 0 unspecified atom stereocenters. The molecule has 8 nitrogen and oxygen atoms in total. The summed E-state index contributed by atoms with van der Waals surface area (Å²) in [5.41, 5.74) is 4.97. The molecule has 0 aromatic carbocycles. The van der Waals surface area contributed by atoms with Crippen LogP contribution in [0.25, 0.3) is 0 Å². The number of rotatable bonds is 9. The Kier molecular flexibility index (Phi) is 10.8. The van der Waals surface area contributed by atoms with Crippen molar-refractivity contribution < 1.29 is 14.7 Å². The fourth-order valence-electron chi connectivity index (χ4n) is 5.09. The highest BCUT2D eigenvalue weighted by Gasteiger charge is 2.29. The van der Waals surface area contributed by atoms with E-state index in [2.05, 4.69) is 55.1 Å². The smallest absolute Gasteiger partial charge is 0.247 e. The zero-order valence-electron chi connectivity index (χ0n) is 24.0. The highest BCUT2D eigenvalue weighted by molar-refractivity contribution is 5.93. The van der Waals surface area contributed by atoms with E-state index < -0.39 is 18.6 Å². The lowest BCUT2D eigenvalue weighted by molar-refractivity contribution is -0.137. The molecule has 1 aromatic heterocycles. The quantitative estimate of drug-likeness (QED) is 0.366. The van der Waals surface area contributed by atoms with Gasteiger partial charge in [0, 0.05) is 44.6 Å². The van der Waals surface area contributed by atoms with E-state index in [1.807, 2.05) is 30.1 Å². The van der Waals surface area contributed by atoms with E-state index in [4.69, 9.17) is 0 Å². The maximum absolute atomic E-state index is 12.9. The molecule has 3 rings (SSSR count). The molecule has 1 atom stereocenters. The van der Waals surface area contributed by atoms with Crippen LogP contribution in [0.15, 0.2) is 77.2 Å². The summed E-state index contributed by atoms with van der Waals surface area (Å²) >= 11 is 0. The number of allylic oxidation sites excluding steroid dienone is 9. The van der Waals surface area contributed by atoms with E-state index in [1.165, 1.54) is 36.5 Å². The van der Waals surface area contributed by atoms with Gasteiger partial charge in [-0.25, -0.2) is 9.97 Å². The Morgan fingerprint density at radius 1 is 1.10 bits per heavy atom. The van der Waals surface area contributed by atoms with Crippen molar-refractivity contribution in [2.24, 2.45) is 5.41 Å². The Morgan fingerprint density at radius 2 is 1.79 bits per heavy atom. The van der Waals surface area contributed by atoms with Crippen molar-refractivity contribution in [2.75, 3.05) is 37.7 Å². The van der Waals surface area contributed by atoms with Crippen molar-refractivity contribution in [2.45, 2.75) is 59.9 Å². The number of anilines is 1. The molecule has 1 aliphatic carbocycles. The minimum atomic E-state index is -0.987. The van der Waals surface area contributed by atoms with Crippen LogP contribution < -0.4 is 10.2 Å². The molecule has 0 bridgehead atoms. The van der Waals surface area contributed by atoms with Crippen molar-refractivity contribution in [3.05, 3.63) is 77.2 Å². The van der Waals surface area contributed by atoms with Gasteiger partial charge in [-0.2, -0.15) is 0 Å². The zero-order valence-corrected chi connectivity index (χ0v) is 24.0. The molecule has 2 N–H and O–H groups in total. The van der Waals surface area contributed by atoms with Gasteiger partial charge >= 0.3 is 0 Å². The van der Waals surface area contributed by atoms with Crippen molar-refractivity contribution in [1.82, 2.24) is 20.2 Å². The molecule has 1 fully saturated rings. The minimum absolute atomic E-state index is 0.209. The van der Waals surface area contributed by atoms with E-state index in [1.54, 1.807) is 23.4 Å². The average molecular weight is 534 g/mol. The van der Waals surface area contributed by atoms with Gasteiger partial charge in [-0.3, -0.25) is 9.59 Å². The summed E-state index contributed by atoms with van der Waals surface area (Å²) in [6, 6.07) is 0.774. The molecule has 0 radical (unpaired) electrons. The first-order valence-corrected chi connectivity index (χ1v) is 13.7. The number of piperazine rings is 1. The Bertz CT molecular complexity index is 1160. The molecule has 210 valence electrons. The van der Waals surface area contributed by atoms with E-state index >= 15 is 0 Å². The monoisotopic (exact) mass is 533 g/mol. The summed E-state index contributed by atoms with van der Waals surface area (Å²) in [6.45, 7) is 12.4. The highest BCUT2D eigenvalue weighted by atomic mass is 16.3. The van der Waals surface area contributed by atoms with Gasteiger partial charge < -0.3 is 20.2 Å². The lowest BCUT2D eigenvalue weighted by atomic mass is 9.72. The minimum Gasteiger partial charge on any atom is -0.394 e. The Hall–Kier alpha value is -3.52. The number of aromatic nitrogens is 2. The molecule has 2 heterocycles. The Labute approximate surface area is 232 Å². The van der Waals surface area contributed by atoms with Gasteiger partial charge in [0.25, 0.3) is 0 Å². The maximum Gasteiger partial charge on any atom is 0.247 e. The van der Waals surface area contributed by atoms with Crippen LogP contribution in [0.1, 0.15) is 53.9 Å². The normalized spacial score (nSPS) is 19.6. The Balaban J connectivity index is 1.51. The fourth-order valence-corrected chi connectivity index (χ4v) is 5.09. The van der Waals surface area contributed by atoms with E-state index in [-0.39, 0.29) is 11.3 Å². The number of hydrogen-bond acceptors (Lipinski definition) is 6. The molecular formula is C31H43N5O3. The molecule has 0 saturated carbocycles. The van der Waals surface area contributed by atoms with Crippen LogP contribution in [0.4, 0.5) is 5.95 Å². The maximum atomic E-state index is 12.9. The summed E-state index contributed by atoms with van der Waals surface area (Å²) in [4.78, 5) is 37.6. The van der Waals surface area contributed by atoms with E-state index in [0.29, 0.717) is 32.1 Å². The number of hydrogen-bond donors (Lipinski definition) is 2. The molecule has 39 heavy (non-hydrogen) atoms. The third kappa shape index (κ3) is 8.75. The second-order valence-electron chi connectivity index (χ2n) is 11.0. The van der Waals surface area contributed by atoms with E-state index in [9.17, 15) is 14.7 Å². The molecule has 1 aliphatic heterocycles. The Morgan fingerprint density at radius 3 is 2.44 bits per heavy atom. The number of aliphatic hydroxyl groups is 1. The van der Waals surface area contributed by atoms with Gasteiger partial charge in [0.15, 0.2) is 0 Å². The number of aliphatic hydroxyl groups excluding tert-OH is 1.